The summed E-state index contributed by atoms with van der Waals surface area (Å²) < 4.78 is 0. The zero-order valence-corrected chi connectivity index (χ0v) is 9.23. The van der Waals surface area contributed by atoms with Gasteiger partial charge in [-0.2, -0.15) is 0 Å². The maximum absolute atomic E-state index is 11.4. The van der Waals surface area contributed by atoms with Crippen LogP contribution < -0.4 is 5.32 Å². The topological polar surface area (TPSA) is 32.3 Å². The van der Waals surface area contributed by atoms with Crippen molar-refractivity contribution in [2.24, 2.45) is 0 Å². The van der Waals surface area contributed by atoms with E-state index in [-0.39, 0.29) is 5.91 Å². The van der Waals surface area contributed by atoms with E-state index in [9.17, 15) is 4.79 Å². The molecule has 1 aromatic heterocycles. The number of hydrogen-bond donors (Lipinski definition) is 1. The van der Waals surface area contributed by atoms with Gasteiger partial charge in [0, 0.05) is 17.3 Å². The van der Waals surface area contributed by atoms with Gasteiger partial charge >= 0.3 is 0 Å². The van der Waals surface area contributed by atoms with Crippen molar-refractivity contribution in [1.82, 2.24) is 4.90 Å². The number of hydrogen-bond acceptors (Lipinski definition) is 3. The average molecular weight is 210 g/mol. The summed E-state index contributed by atoms with van der Waals surface area (Å²) in [4.78, 5) is 14.8. The van der Waals surface area contributed by atoms with Crippen LogP contribution in [0.3, 0.4) is 0 Å². The Balaban J connectivity index is 2.35. The second-order valence-electron chi connectivity index (χ2n) is 3.76. The number of anilines is 1. The van der Waals surface area contributed by atoms with E-state index in [1.165, 1.54) is 4.88 Å². The standard InChI is InChI=1S/C10H14N2OS/c1-12(2)8-3-4-9(13)11-7-5-6-14-10(7)8/h5-6,8H,3-4H2,1-2H3,(H,11,13). The summed E-state index contributed by atoms with van der Waals surface area (Å²) >= 11 is 1.72. The molecule has 0 saturated heterocycles. The zero-order chi connectivity index (χ0) is 10.1. The Labute approximate surface area is 87.7 Å². The number of amides is 1. The van der Waals surface area contributed by atoms with Gasteiger partial charge in [-0.1, -0.05) is 0 Å². The van der Waals surface area contributed by atoms with Crippen LogP contribution in [0.5, 0.6) is 0 Å². The van der Waals surface area contributed by atoms with Crippen LogP contribution in [-0.4, -0.2) is 24.9 Å². The molecule has 2 rings (SSSR count). The highest BCUT2D eigenvalue weighted by atomic mass is 32.1. The molecule has 0 bridgehead atoms. The molecule has 0 aliphatic carbocycles. The first-order valence-electron chi connectivity index (χ1n) is 4.72. The molecule has 1 unspecified atom stereocenters. The lowest BCUT2D eigenvalue weighted by atomic mass is 10.1. The Hall–Kier alpha value is -0.870. The lowest BCUT2D eigenvalue weighted by Crippen LogP contribution is -2.18. The van der Waals surface area contributed by atoms with Crippen LogP contribution in [0.4, 0.5) is 5.69 Å². The van der Waals surface area contributed by atoms with E-state index in [0.717, 1.165) is 12.1 Å². The van der Waals surface area contributed by atoms with Gasteiger partial charge in [-0.25, -0.2) is 0 Å². The summed E-state index contributed by atoms with van der Waals surface area (Å²) in [5.74, 6) is 0.133. The minimum absolute atomic E-state index is 0.133. The third kappa shape index (κ3) is 1.67. The number of carbonyl (C=O) groups is 1. The second kappa shape index (κ2) is 3.71. The van der Waals surface area contributed by atoms with E-state index in [4.69, 9.17) is 0 Å². The Morgan fingerprint density at radius 1 is 1.57 bits per heavy atom. The van der Waals surface area contributed by atoms with E-state index in [1.54, 1.807) is 11.3 Å². The van der Waals surface area contributed by atoms with Gasteiger partial charge in [0.2, 0.25) is 5.91 Å². The number of nitrogens with zero attached hydrogens (tertiary/aromatic N) is 1. The molecule has 0 saturated carbocycles. The van der Waals surface area contributed by atoms with Crippen molar-refractivity contribution < 1.29 is 4.79 Å². The molecule has 1 aliphatic rings. The summed E-state index contributed by atoms with van der Waals surface area (Å²) in [5, 5.41) is 4.97. The van der Waals surface area contributed by atoms with Crippen LogP contribution in [0.15, 0.2) is 11.4 Å². The molecule has 1 N–H and O–H groups in total. The molecular weight excluding hydrogens is 196 g/mol. The van der Waals surface area contributed by atoms with E-state index in [1.807, 2.05) is 11.4 Å². The fourth-order valence-electron chi connectivity index (χ4n) is 1.79. The molecule has 1 aliphatic heterocycles. The van der Waals surface area contributed by atoms with Crippen molar-refractivity contribution >= 4 is 22.9 Å². The molecular formula is C10H14N2OS. The molecule has 2 heterocycles. The Morgan fingerprint density at radius 2 is 2.36 bits per heavy atom. The number of fused-ring (bicyclic) bond motifs is 1. The monoisotopic (exact) mass is 210 g/mol. The van der Waals surface area contributed by atoms with Crippen LogP contribution in [0.1, 0.15) is 23.8 Å². The zero-order valence-electron chi connectivity index (χ0n) is 8.41. The van der Waals surface area contributed by atoms with Crippen LogP contribution in [0.25, 0.3) is 0 Å². The highest BCUT2D eigenvalue weighted by Crippen LogP contribution is 2.36. The second-order valence-corrected chi connectivity index (χ2v) is 4.71. The van der Waals surface area contributed by atoms with Crippen LogP contribution >= 0.6 is 11.3 Å². The quantitative estimate of drug-likeness (QED) is 0.769. The van der Waals surface area contributed by atoms with Crippen molar-refractivity contribution in [3.63, 3.8) is 0 Å². The van der Waals surface area contributed by atoms with Gasteiger partial charge in [-0.15, -0.1) is 11.3 Å². The maximum atomic E-state index is 11.4. The first-order valence-corrected chi connectivity index (χ1v) is 5.60. The lowest BCUT2D eigenvalue weighted by molar-refractivity contribution is -0.116. The summed E-state index contributed by atoms with van der Waals surface area (Å²) in [6.45, 7) is 0. The van der Waals surface area contributed by atoms with Crippen molar-refractivity contribution in [3.05, 3.63) is 16.3 Å². The number of nitrogens with one attached hydrogen (secondary N) is 1. The molecule has 0 spiro atoms. The predicted molar refractivity (Wildman–Crippen MR) is 58.6 cm³/mol. The first-order chi connectivity index (χ1) is 6.68. The van der Waals surface area contributed by atoms with Crippen molar-refractivity contribution in [2.75, 3.05) is 19.4 Å². The summed E-state index contributed by atoms with van der Waals surface area (Å²) in [6.07, 6.45) is 1.52. The molecule has 0 fully saturated rings. The fraction of sp³-hybridized carbons (Fsp3) is 0.500. The minimum atomic E-state index is 0.133. The van der Waals surface area contributed by atoms with Crippen molar-refractivity contribution in [2.45, 2.75) is 18.9 Å². The molecule has 1 amide bonds. The molecule has 14 heavy (non-hydrogen) atoms. The molecule has 76 valence electrons. The number of rotatable bonds is 1. The van der Waals surface area contributed by atoms with E-state index >= 15 is 0 Å². The molecule has 3 nitrogen and oxygen atoms in total. The number of thiophene rings is 1. The highest BCUT2D eigenvalue weighted by molar-refractivity contribution is 7.10. The van der Waals surface area contributed by atoms with Crippen LogP contribution in [0, 0.1) is 0 Å². The Bertz CT molecular complexity index is 346. The third-order valence-corrected chi connectivity index (χ3v) is 3.56. The normalized spacial score (nSPS) is 21.6. The Kier molecular flexibility index (Phi) is 2.56. The van der Waals surface area contributed by atoms with Gasteiger partial charge in [-0.05, 0) is 32.0 Å². The average Bonchev–Trinajstić information content (AvgIpc) is 2.47. The summed E-state index contributed by atoms with van der Waals surface area (Å²) in [6, 6.07) is 2.36. The number of carbonyl (C=O) groups excluding carboxylic acids is 1. The fourth-order valence-corrected chi connectivity index (χ4v) is 2.87. The molecule has 4 heteroatoms. The lowest BCUT2D eigenvalue weighted by Gasteiger charge is -2.21. The van der Waals surface area contributed by atoms with Gasteiger partial charge in [-0.3, -0.25) is 4.79 Å². The van der Waals surface area contributed by atoms with Gasteiger partial charge < -0.3 is 10.2 Å². The molecule has 1 atom stereocenters. The minimum Gasteiger partial charge on any atom is -0.325 e. The van der Waals surface area contributed by atoms with Gasteiger partial charge in [0.1, 0.15) is 0 Å². The van der Waals surface area contributed by atoms with Crippen LogP contribution in [0.2, 0.25) is 0 Å². The largest absolute Gasteiger partial charge is 0.325 e. The Morgan fingerprint density at radius 3 is 3.07 bits per heavy atom. The van der Waals surface area contributed by atoms with E-state index in [0.29, 0.717) is 12.5 Å². The van der Waals surface area contributed by atoms with Gasteiger partial charge in [0.05, 0.1) is 5.69 Å². The summed E-state index contributed by atoms with van der Waals surface area (Å²) in [5.41, 5.74) is 0.996. The summed E-state index contributed by atoms with van der Waals surface area (Å²) in [7, 11) is 4.12. The van der Waals surface area contributed by atoms with Gasteiger partial charge in [0.25, 0.3) is 0 Å². The molecule has 1 aromatic rings. The SMILES string of the molecule is CN(C)C1CCC(=O)Nc2ccsc21. The van der Waals surface area contributed by atoms with E-state index < -0.39 is 0 Å². The smallest absolute Gasteiger partial charge is 0.224 e. The van der Waals surface area contributed by atoms with Gasteiger partial charge in [0.15, 0.2) is 0 Å². The van der Waals surface area contributed by atoms with Crippen LogP contribution in [-0.2, 0) is 4.79 Å². The van der Waals surface area contributed by atoms with E-state index in [2.05, 4.69) is 24.3 Å². The first kappa shape index (κ1) is 9.68. The highest BCUT2D eigenvalue weighted by Gasteiger charge is 2.24. The van der Waals surface area contributed by atoms with Crippen molar-refractivity contribution in [3.8, 4) is 0 Å². The van der Waals surface area contributed by atoms with Crippen molar-refractivity contribution in [1.29, 1.82) is 0 Å². The molecule has 0 aromatic carbocycles. The predicted octanol–water partition coefficient (Wildman–Crippen LogP) is 2.08. The molecule has 0 radical (unpaired) electrons. The third-order valence-electron chi connectivity index (χ3n) is 2.54. The maximum Gasteiger partial charge on any atom is 0.224 e.